The van der Waals surface area contributed by atoms with Gasteiger partial charge in [0.05, 0.1) is 7.11 Å². The van der Waals surface area contributed by atoms with Crippen molar-refractivity contribution in [3.63, 3.8) is 0 Å². The van der Waals surface area contributed by atoms with Crippen molar-refractivity contribution in [1.29, 1.82) is 0 Å². The molecule has 1 fully saturated rings. The Labute approximate surface area is 113 Å². The first-order chi connectivity index (χ1) is 9.19. The fraction of sp³-hybridized carbons (Fsp3) is 0.500. The monoisotopic (exact) mass is 263 g/mol. The van der Waals surface area contributed by atoms with Crippen LogP contribution in [0.25, 0.3) is 0 Å². The molecule has 0 saturated heterocycles. The first kappa shape index (κ1) is 13.7. The van der Waals surface area contributed by atoms with Crippen LogP contribution in [0.1, 0.15) is 24.3 Å². The Hall–Kier alpha value is -1.75. The molecule has 0 spiro atoms. The Balaban J connectivity index is 1.69. The number of benzene rings is 1. The van der Waals surface area contributed by atoms with Crippen LogP contribution in [0.5, 0.6) is 5.75 Å². The molecule has 0 aromatic heterocycles. The number of carbonyl (C=O) groups excluding carboxylic acids is 1. The van der Waals surface area contributed by atoms with E-state index in [4.69, 9.17) is 10.5 Å². The molecule has 1 aromatic carbocycles. The molecular formula is C14H21N3O2. The predicted octanol–water partition coefficient (Wildman–Crippen LogP) is 1.20. The van der Waals surface area contributed by atoms with Gasteiger partial charge in [-0.25, -0.2) is 4.79 Å². The van der Waals surface area contributed by atoms with E-state index in [2.05, 4.69) is 22.8 Å². The quantitative estimate of drug-likeness (QED) is 0.675. The van der Waals surface area contributed by atoms with Crippen molar-refractivity contribution < 1.29 is 9.53 Å². The molecule has 0 atom stereocenters. The smallest absolute Gasteiger partial charge is 0.312 e. The Morgan fingerprint density at radius 1 is 1.42 bits per heavy atom. The van der Waals surface area contributed by atoms with Gasteiger partial charge in [-0.2, -0.15) is 0 Å². The summed E-state index contributed by atoms with van der Waals surface area (Å²) in [5.41, 5.74) is 6.33. The molecular weight excluding hydrogens is 242 g/mol. The number of rotatable bonds is 6. The lowest BCUT2D eigenvalue weighted by Gasteiger charge is -2.36. The van der Waals surface area contributed by atoms with Crippen LogP contribution in [0.3, 0.4) is 0 Å². The number of nitrogens with one attached hydrogen (secondary N) is 2. The molecule has 1 saturated carbocycles. The van der Waals surface area contributed by atoms with Crippen LogP contribution in [0.2, 0.25) is 0 Å². The second kappa shape index (κ2) is 6.43. The Morgan fingerprint density at radius 2 is 2.21 bits per heavy atom. The molecule has 1 aromatic rings. The molecule has 0 unspecified atom stereocenters. The molecule has 0 bridgehead atoms. The molecule has 104 valence electrons. The van der Waals surface area contributed by atoms with Gasteiger partial charge in [0.25, 0.3) is 0 Å². The van der Waals surface area contributed by atoms with Crippen molar-refractivity contribution in [2.45, 2.75) is 24.8 Å². The summed E-state index contributed by atoms with van der Waals surface area (Å²) >= 11 is 0. The van der Waals surface area contributed by atoms with E-state index < -0.39 is 6.03 Å². The molecule has 5 heteroatoms. The molecule has 1 aliphatic carbocycles. The zero-order valence-corrected chi connectivity index (χ0v) is 11.2. The summed E-state index contributed by atoms with van der Waals surface area (Å²) in [6, 6.07) is 8.32. The number of carbonyl (C=O) groups is 1. The maximum Gasteiger partial charge on any atom is 0.312 e. The van der Waals surface area contributed by atoms with E-state index in [1.807, 2.05) is 12.1 Å². The normalized spacial score (nSPS) is 21.5. The van der Waals surface area contributed by atoms with Crippen LogP contribution in [0.15, 0.2) is 24.3 Å². The summed E-state index contributed by atoms with van der Waals surface area (Å²) in [6.45, 7) is 1.34. The van der Waals surface area contributed by atoms with Crippen LogP contribution < -0.4 is 21.1 Å². The Bertz CT molecular complexity index is 430. The molecule has 0 heterocycles. The number of urea groups is 1. The topological polar surface area (TPSA) is 76.4 Å². The third kappa shape index (κ3) is 3.86. The zero-order chi connectivity index (χ0) is 13.7. The summed E-state index contributed by atoms with van der Waals surface area (Å²) in [5, 5.41) is 5.97. The molecule has 2 rings (SSSR count). The summed E-state index contributed by atoms with van der Waals surface area (Å²) in [4.78, 5) is 10.5. The third-order valence-electron chi connectivity index (χ3n) is 3.56. The molecule has 4 N–H and O–H groups in total. The van der Waals surface area contributed by atoms with E-state index in [0.717, 1.165) is 25.1 Å². The van der Waals surface area contributed by atoms with Crippen molar-refractivity contribution in [1.82, 2.24) is 10.6 Å². The van der Waals surface area contributed by atoms with E-state index in [0.29, 0.717) is 18.5 Å². The second-order valence-electron chi connectivity index (χ2n) is 4.89. The zero-order valence-electron chi connectivity index (χ0n) is 11.2. The Morgan fingerprint density at radius 3 is 2.89 bits per heavy atom. The maximum atomic E-state index is 10.5. The molecule has 5 nitrogen and oxygen atoms in total. The lowest BCUT2D eigenvalue weighted by molar-refractivity contribution is 0.247. The van der Waals surface area contributed by atoms with Gasteiger partial charge in [-0.1, -0.05) is 12.1 Å². The van der Waals surface area contributed by atoms with Gasteiger partial charge in [-0.3, -0.25) is 0 Å². The molecule has 19 heavy (non-hydrogen) atoms. The maximum absolute atomic E-state index is 10.5. The van der Waals surface area contributed by atoms with Gasteiger partial charge in [0.1, 0.15) is 5.75 Å². The van der Waals surface area contributed by atoms with E-state index in [-0.39, 0.29) is 0 Å². The SMILES string of the molecule is COc1cccc(C2CC(NCCNC(N)=O)C2)c1. The van der Waals surface area contributed by atoms with Crippen molar-refractivity contribution in [2.24, 2.45) is 5.73 Å². The van der Waals surface area contributed by atoms with Crippen molar-refractivity contribution in [3.8, 4) is 5.75 Å². The molecule has 1 aliphatic rings. The van der Waals surface area contributed by atoms with Gasteiger partial charge in [0.2, 0.25) is 0 Å². The summed E-state index contributed by atoms with van der Waals surface area (Å²) in [5.74, 6) is 1.52. The van der Waals surface area contributed by atoms with Crippen LogP contribution >= 0.6 is 0 Å². The minimum absolute atomic E-state index is 0.468. The van der Waals surface area contributed by atoms with E-state index >= 15 is 0 Å². The van der Waals surface area contributed by atoms with E-state index in [1.54, 1.807) is 7.11 Å². The lowest BCUT2D eigenvalue weighted by Crippen LogP contribution is -2.44. The average molecular weight is 263 g/mol. The minimum Gasteiger partial charge on any atom is -0.497 e. The minimum atomic E-state index is -0.468. The number of nitrogens with two attached hydrogens (primary N) is 1. The summed E-state index contributed by atoms with van der Waals surface area (Å²) in [7, 11) is 1.69. The number of hydrogen-bond acceptors (Lipinski definition) is 3. The van der Waals surface area contributed by atoms with Crippen molar-refractivity contribution in [2.75, 3.05) is 20.2 Å². The highest BCUT2D eigenvalue weighted by Gasteiger charge is 2.29. The number of primary amides is 1. The highest BCUT2D eigenvalue weighted by molar-refractivity contribution is 5.71. The Kier molecular flexibility index (Phi) is 4.63. The fourth-order valence-electron chi connectivity index (χ4n) is 2.41. The fourth-order valence-corrected chi connectivity index (χ4v) is 2.41. The van der Waals surface area contributed by atoms with Crippen molar-refractivity contribution in [3.05, 3.63) is 29.8 Å². The molecule has 0 aliphatic heterocycles. The van der Waals surface area contributed by atoms with E-state index in [1.165, 1.54) is 5.56 Å². The summed E-state index contributed by atoms with van der Waals surface area (Å²) in [6.07, 6.45) is 2.26. The number of methoxy groups -OCH3 is 1. The van der Waals surface area contributed by atoms with Crippen LogP contribution in [-0.4, -0.2) is 32.3 Å². The van der Waals surface area contributed by atoms with Crippen LogP contribution in [0, 0.1) is 0 Å². The summed E-state index contributed by atoms with van der Waals surface area (Å²) < 4.78 is 5.23. The number of ether oxygens (including phenoxy) is 1. The third-order valence-corrected chi connectivity index (χ3v) is 3.56. The lowest BCUT2D eigenvalue weighted by atomic mass is 9.76. The predicted molar refractivity (Wildman–Crippen MR) is 74.3 cm³/mol. The highest BCUT2D eigenvalue weighted by atomic mass is 16.5. The van der Waals surface area contributed by atoms with Gasteiger partial charge in [-0.15, -0.1) is 0 Å². The number of amides is 2. The van der Waals surface area contributed by atoms with Gasteiger partial charge < -0.3 is 21.1 Å². The first-order valence-corrected chi connectivity index (χ1v) is 6.59. The van der Waals surface area contributed by atoms with Gasteiger partial charge >= 0.3 is 6.03 Å². The molecule has 0 radical (unpaired) electrons. The van der Waals surface area contributed by atoms with Gasteiger partial charge in [0, 0.05) is 19.1 Å². The number of hydrogen-bond donors (Lipinski definition) is 3. The standard InChI is InChI=1S/C14H21N3O2/c1-19-13-4-2-3-10(9-13)11-7-12(8-11)16-5-6-17-14(15)18/h2-4,9,11-12,16H,5-8H2,1H3,(H3,15,17,18). The highest BCUT2D eigenvalue weighted by Crippen LogP contribution is 2.37. The van der Waals surface area contributed by atoms with E-state index in [9.17, 15) is 4.79 Å². The van der Waals surface area contributed by atoms with Gasteiger partial charge in [0.15, 0.2) is 0 Å². The second-order valence-corrected chi connectivity index (χ2v) is 4.89. The van der Waals surface area contributed by atoms with Gasteiger partial charge in [-0.05, 0) is 36.5 Å². The first-order valence-electron chi connectivity index (χ1n) is 6.59. The van der Waals surface area contributed by atoms with Crippen molar-refractivity contribution >= 4 is 6.03 Å². The van der Waals surface area contributed by atoms with Crippen LogP contribution in [-0.2, 0) is 0 Å². The van der Waals surface area contributed by atoms with Crippen LogP contribution in [0.4, 0.5) is 4.79 Å². The molecule has 2 amide bonds. The largest absolute Gasteiger partial charge is 0.497 e. The average Bonchev–Trinajstić information content (AvgIpc) is 2.36.